The summed E-state index contributed by atoms with van der Waals surface area (Å²) in [6, 6.07) is 0. The van der Waals surface area contributed by atoms with Gasteiger partial charge >= 0.3 is 0 Å². The summed E-state index contributed by atoms with van der Waals surface area (Å²) < 4.78 is 14.2. The number of carbonyl (C=O) groups is 2. The van der Waals surface area contributed by atoms with Crippen LogP contribution in [0.5, 0.6) is 0 Å². The molecule has 0 amide bonds. The Morgan fingerprint density at radius 1 is 1.17 bits per heavy atom. The van der Waals surface area contributed by atoms with Crippen molar-refractivity contribution in [2.45, 2.75) is 45.7 Å². The number of Topliss-reactive ketones (excluding diaryl/α,β-unsaturated/α-hetero) is 2. The molecule has 5 aliphatic rings. The van der Waals surface area contributed by atoms with Gasteiger partial charge in [-0.05, 0) is 54.9 Å². The maximum Gasteiger partial charge on any atom is 0.173 e. The number of allylic oxidation sites excluding steroid dienone is 4. The molecule has 0 aromatic heterocycles. The van der Waals surface area contributed by atoms with Crippen LogP contribution < -0.4 is 0 Å². The largest absolute Gasteiger partial charge is 0.296 e. The zero-order valence-electron chi connectivity index (χ0n) is 14.1. The lowest BCUT2D eigenvalue weighted by molar-refractivity contribution is -0.133. The molecule has 0 radical (unpaired) electrons. The van der Waals surface area contributed by atoms with Crippen molar-refractivity contribution in [3.63, 3.8) is 0 Å². The molecular formula is C20H23FO2S. The first-order valence-electron chi connectivity index (χ1n) is 9.14. The first-order valence-corrected chi connectivity index (χ1v) is 9.59. The molecule has 0 spiro atoms. The van der Waals surface area contributed by atoms with Gasteiger partial charge in [0.1, 0.15) is 0 Å². The quantitative estimate of drug-likeness (QED) is 0.675. The Hall–Kier alpha value is -0.900. The summed E-state index contributed by atoms with van der Waals surface area (Å²) >= 11 is 4.56. The Balaban J connectivity index is 1.63. The summed E-state index contributed by atoms with van der Waals surface area (Å²) in [5, 5.41) is 0. The number of hydrogen-bond acceptors (Lipinski definition) is 3. The third-order valence-electron chi connectivity index (χ3n) is 8.25. The van der Waals surface area contributed by atoms with Crippen LogP contribution in [0.3, 0.4) is 0 Å². The molecule has 0 saturated heterocycles. The Morgan fingerprint density at radius 2 is 1.92 bits per heavy atom. The average molecular weight is 346 g/mol. The molecule has 8 atom stereocenters. The summed E-state index contributed by atoms with van der Waals surface area (Å²) in [6.07, 6.45) is 6.02. The fourth-order valence-electron chi connectivity index (χ4n) is 6.77. The molecule has 0 aromatic rings. The molecule has 0 heterocycles. The van der Waals surface area contributed by atoms with E-state index in [-0.39, 0.29) is 34.7 Å². The summed E-state index contributed by atoms with van der Waals surface area (Å²) in [7, 11) is 0. The summed E-state index contributed by atoms with van der Waals surface area (Å²) in [5.41, 5.74) is 0.564. The highest BCUT2D eigenvalue weighted by molar-refractivity contribution is 7.85. The maximum atomic E-state index is 14.2. The molecule has 24 heavy (non-hydrogen) atoms. The molecule has 3 saturated carbocycles. The van der Waals surface area contributed by atoms with E-state index < -0.39 is 11.6 Å². The Labute approximate surface area is 147 Å². The van der Waals surface area contributed by atoms with E-state index >= 15 is 0 Å². The van der Waals surface area contributed by atoms with Crippen molar-refractivity contribution >= 4 is 24.2 Å². The van der Waals surface area contributed by atoms with Crippen LogP contribution in [0.2, 0.25) is 0 Å². The lowest BCUT2D eigenvalue weighted by Crippen LogP contribution is -2.50. The highest BCUT2D eigenvalue weighted by Gasteiger charge is 2.67. The summed E-state index contributed by atoms with van der Waals surface area (Å²) in [5.74, 6) is 1.34. The molecule has 3 fully saturated rings. The Kier molecular flexibility index (Phi) is 2.84. The number of alkyl halides is 1. The minimum Gasteiger partial charge on any atom is -0.296 e. The minimum absolute atomic E-state index is 0.0339. The van der Waals surface area contributed by atoms with Crippen molar-refractivity contribution in [3.05, 3.63) is 22.6 Å². The van der Waals surface area contributed by atoms with Crippen LogP contribution >= 0.6 is 12.6 Å². The second-order valence-electron chi connectivity index (χ2n) is 9.03. The molecule has 0 aromatic carbocycles. The van der Waals surface area contributed by atoms with Crippen LogP contribution in [-0.2, 0) is 9.59 Å². The van der Waals surface area contributed by atoms with Crippen LogP contribution in [0.15, 0.2) is 22.6 Å². The number of halogens is 1. The molecule has 4 heteroatoms. The van der Waals surface area contributed by atoms with Crippen LogP contribution in [-0.4, -0.2) is 17.7 Å². The number of hydrogen-bond donors (Lipinski definition) is 1. The zero-order chi connectivity index (χ0) is 17.0. The van der Waals surface area contributed by atoms with Gasteiger partial charge in [0.2, 0.25) is 0 Å². The van der Waals surface area contributed by atoms with Crippen molar-refractivity contribution in [1.29, 1.82) is 0 Å². The molecule has 5 aliphatic carbocycles. The number of thiol groups is 1. The van der Waals surface area contributed by atoms with Gasteiger partial charge in [-0.25, -0.2) is 4.39 Å². The standard InChI is InChI=1S/C20H23FO2S/c1-19-6-5-11-9(13(19)8-15(21)18(19)23)3-4-12-17(24)16(22)10-7-14(10)20(11,12)2/h3-4,9-11,13-15,24H,5-8H2,1-2H3/t9-,10+,11+,13+,14?,15+,19+,20-/m1/s1. The molecule has 0 N–H and O–H groups in total. The van der Waals surface area contributed by atoms with Crippen molar-refractivity contribution in [2.75, 3.05) is 0 Å². The molecule has 0 aliphatic heterocycles. The first kappa shape index (κ1) is 15.4. The molecule has 2 nitrogen and oxygen atoms in total. The van der Waals surface area contributed by atoms with Crippen molar-refractivity contribution < 1.29 is 14.0 Å². The lowest BCUT2D eigenvalue weighted by atomic mass is 9.49. The van der Waals surface area contributed by atoms with Gasteiger partial charge in [0, 0.05) is 16.7 Å². The Bertz CT molecular complexity index is 740. The predicted octanol–water partition coefficient (Wildman–Crippen LogP) is 3.92. The number of ketones is 2. The third kappa shape index (κ3) is 1.55. The predicted molar refractivity (Wildman–Crippen MR) is 92.2 cm³/mol. The number of carbonyl (C=O) groups excluding carboxylic acids is 2. The van der Waals surface area contributed by atoms with E-state index in [2.05, 4.69) is 31.7 Å². The van der Waals surface area contributed by atoms with Crippen molar-refractivity contribution in [2.24, 2.45) is 40.4 Å². The molecular weight excluding hydrogens is 323 g/mol. The zero-order valence-corrected chi connectivity index (χ0v) is 15.0. The SMILES string of the molecule is C[C@]12CC[C@H]3[C@@H](C=CC4=C(S)C(=O)[C@H]5CC5[C@@]43C)[C@@H]1C[C@H](F)C2=O. The molecule has 5 rings (SSSR count). The minimum atomic E-state index is -1.29. The average Bonchev–Trinajstić information content (AvgIpc) is 3.32. The number of fused-ring (bicyclic) bond motifs is 7. The molecule has 1 unspecified atom stereocenters. The smallest absolute Gasteiger partial charge is 0.173 e. The first-order chi connectivity index (χ1) is 11.3. The van der Waals surface area contributed by atoms with Crippen LogP contribution in [0.4, 0.5) is 4.39 Å². The highest BCUT2D eigenvalue weighted by Crippen LogP contribution is 2.70. The van der Waals surface area contributed by atoms with Gasteiger partial charge < -0.3 is 0 Å². The summed E-state index contributed by atoms with van der Waals surface area (Å²) in [4.78, 5) is 25.4. The second-order valence-corrected chi connectivity index (χ2v) is 9.48. The number of rotatable bonds is 0. The van der Waals surface area contributed by atoms with E-state index in [9.17, 15) is 14.0 Å². The Morgan fingerprint density at radius 3 is 2.67 bits per heavy atom. The van der Waals surface area contributed by atoms with Crippen LogP contribution in [0.1, 0.15) is 39.5 Å². The monoisotopic (exact) mass is 346 g/mol. The third-order valence-corrected chi connectivity index (χ3v) is 8.71. The van der Waals surface area contributed by atoms with Gasteiger partial charge in [-0.1, -0.05) is 26.0 Å². The van der Waals surface area contributed by atoms with E-state index in [4.69, 9.17) is 0 Å². The van der Waals surface area contributed by atoms with Crippen LogP contribution in [0.25, 0.3) is 0 Å². The van der Waals surface area contributed by atoms with Gasteiger partial charge in [0.15, 0.2) is 17.7 Å². The maximum absolute atomic E-state index is 14.2. The van der Waals surface area contributed by atoms with Crippen molar-refractivity contribution in [3.8, 4) is 0 Å². The topological polar surface area (TPSA) is 34.1 Å². The summed E-state index contributed by atoms with van der Waals surface area (Å²) in [6.45, 7) is 4.27. The highest BCUT2D eigenvalue weighted by atomic mass is 32.1. The fraction of sp³-hybridized carbons (Fsp3) is 0.700. The van der Waals surface area contributed by atoms with E-state index in [0.717, 1.165) is 24.8 Å². The van der Waals surface area contributed by atoms with Gasteiger partial charge in [0.25, 0.3) is 0 Å². The van der Waals surface area contributed by atoms with Crippen LogP contribution in [0, 0.1) is 40.4 Å². The van der Waals surface area contributed by atoms with Gasteiger partial charge in [-0.15, -0.1) is 12.6 Å². The van der Waals surface area contributed by atoms with E-state index in [1.807, 2.05) is 6.92 Å². The fourth-order valence-corrected chi connectivity index (χ4v) is 7.25. The molecule has 0 bridgehead atoms. The van der Waals surface area contributed by atoms with Gasteiger partial charge in [-0.2, -0.15) is 0 Å². The van der Waals surface area contributed by atoms with E-state index in [1.54, 1.807) is 0 Å². The van der Waals surface area contributed by atoms with Gasteiger partial charge in [0.05, 0.1) is 4.91 Å². The van der Waals surface area contributed by atoms with E-state index in [0.29, 0.717) is 23.2 Å². The lowest BCUT2D eigenvalue weighted by Gasteiger charge is -2.55. The van der Waals surface area contributed by atoms with Crippen molar-refractivity contribution in [1.82, 2.24) is 0 Å². The second kappa shape index (κ2) is 4.44. The normalized spacial score (nSPS) is 55.0. The van der Waals surface area contributed by atoms with E-state index in [1.165, 1.54) is 0 Å². The molecule has 128 valence electrons. The van der Waals surface area contributed by atoms with Gasteiger partial charge in [-0.3, -0.25) is 9.59 Å².